The zero-order chi connectivity index (χ0) is 21.8. The standard InChI is InChI=1S/C17H15F5N2O4S/c1-10(11-2-7-14(18)15(19)8-11)24-16(25)9-23-29(26,27)13-5-3-12(4-6-13)28-17(20,21)22/h2-8,10,23H,9H2,1H3,(H,24,25). The van der Waals surface area contributed by atoms with Gasteiger partial charge in [-0.2, -0.15) is 0 Å². The molecule has 29 heavy (non-hydrogen) atoms. The second-order valence-electron chi connectivity index (χ2n) is 5.81. The van der Waals surface area contributed by atoms with Gasteiger partial charge in [0, 0.05) is 0 Å². The van der Waals surface area contributed by atoms with Crippen molar-refractivity contribution in [1.82, 2.24) is 10.0 Å². The molecule has 1 atom stereocenters. The molecule has 0 saturated carbocycles. The molecule has 0 saturated heterocycles. The Kier molecular flexibility index (Phi) is 6.80. The van der Waals surface area contributed by atoms with E-state index in [4.69, 9.17) is 0 Å². The molecule has 2 aromatic carbocycles. The van der Waals surface area contributed by atoms with Crippen LogP contribution in [0.2, 0.25) is 0 Å². The summed E-state index contributed by atoms with van der Waals surface area (Å²) >= 11 is 0. The van der Waals surface area contributed by atoms with Gasteiger partial charge in [0.15, 0.2) is 11.6 Å². The second kappa shape index (κ2) is 8.74. The summed E-state index contributed by atoms with van der Waals surface area (Å²) in [5, 5.41) is 2.40. The van der Waals surface area contributed by atoms with Crippen LogP contribution in [0.5, 0.6) is 5.75 Å². The van der Waals surface area contributed by atoms with Crippen molar-refractivity contribution in [2.24, 2.45) is 0 Å². The number of carbonyl (C=O) groups excluding carboxylic acids is 1. The van der Waals surface area contributed by atoms with Crippen LogP contribution in [-0.2, 0) is 14.8 Å². The maximum Gasteiger partial charge on any atom is 0.573 e. The van der Waals surface area contributed by atoms with Crippen molar-refractivity contribution >= 4 is 15.9 Å². The minimum atomic E-state index is -4.92. The van der Waals surface area contributed by atoms with Crippen LogP contribution < -0.4 is 14.8 Å². The van der Waals surface area contributed by atoms with E-state index >= 15 is 0 Å². The summed E-state index contributed by atoms with van der Waals surface area (Å²) in [4.78, 5) is 11.5. The first kappa shape index (κ1) is 22.6. The maximum absolute atomic E-state index is 13.2. The number of halogens is 5. The molecule has 2 aromatic rings. The third kappa shape index (κ3) is 6.68. The molecule has 6 nitrogen and oxygen atoms in total. The first-order valence-electron chi connectivity index (χ1n) is 7.97. The Morgan fingerprint density at radius 2 is 1.69 bits per heavy atom. The van der Waals surface area contributed by atoms with Crippen molar-refractivity contribution in [3.05, 3.63) is 59.7 Å². The average Bonchev–Trinajstić information content (AvgIpc) is 2.61. The minimum absolute atomic E-state index is 0.264. The van der Waals surface area contributed by atoms with Crippen LogP contribution in [0, 0.1) is 11.6 Å². The molecule has 2 rings (SSSR count). The number of sulfonamides is 1. The zero-order valence-electron chi connectivity index (χ0n) is 14.8. The van der Waals surface area contributed by atoms with Gasteiger partial charge in [-0.1, -0.05) is 6.07 Å². The van der Waals surface area contributed by atoms with Crippen molar-refractivity contribution < 1.29 is 39.9 Å². The van der Waals surface area contributed by atoms with Crippen LogP contribution in [0.3, 0.4) is 0 Å². The lowest BCUT2D eigenvalue weighted by atomic mass is 10.1. The normalized spacial score (nSPS) is 13.0. The Bertz CT molecular complexity index is 978. The van der Waals surface area contributed by atoms with Crippen molar-refractivity contribution in [1.29, 1.82) is 0 Å². The molecule has 0 aliphatic carbocycles. The molecule has 12 heteroatoms. The quantitative estimate of drug-likeness (QED) is 0.651. The monoisotopic (exact) mass is 438 g/mol. The van der Waals surface area contributed by atoms with Gasteiger partial charge in [0.2, 0.25) is 15.9 Å². The average molecular weight is 438 g/mol. The molecule has 0 heterocycles. The molecule has 0 spiro atoms. The highest BCUT2D eigenvalue weighted by Crippen LogP contribution is 2.23. The van der Waals surface area contributed by atoms with Crippen LogP contribution in [0.1, 0.15) is 18.5 Å². The van der Waals surface area contributed by atoms with Gasteiger partial charge >= 0.3 is 6.36 Å². The van der Waals surface area contributed by atoms with Gasteiger partial charge in [0.1, 0.15) is 5.75 Å². The van der Waals surface area contributed by atoms with Crippen LogP contribution in [0.4, 0.5) is 22.0 Å². The molecule has 0 bridgehead atoms. The van der Waals surface area contributed by atoms with Gasteiger partial charge in [-0.15, -0.1) is 13.2 Å². The Morgan fingerprint density at radius 1 is 1.07 bits per heavy atom. The van der Waals surface area contributed by atoms with Crippen molar-refractivity contribution in [3.63, 3.8) is 0 Å². The molecule has 0 aliphatic rings. The molecular formula is C17H15F5N2O4S. The number of hydrogen-bond acceptors (Lipinski definition) is 4. The fraction of sp³-hybridized carbons (Fsp3) is 0.235. The molecule has 1 amide bonds. The molecule has 1 unspecified atom stereocenters. The summed E-state index contributed by atoms with van der Waals surface area (Å²) in [5.74, 6) is -3.51. The van der Waals surface area contributed by atoms with Crippen LogP contribution in [-0.4, -0.2) is 27.2 Å². The molecular weight excluding hydrogens is 423 g/mol. The zero-order valence-corrected chi connectivity index (χ0v) is 15.6. The summed E-state index contributed by atoms with van der Waals surface area (Å²) < 4.78 is 92.4. The first-order chi connectivity index (χ1) is 13.4. The van der Waals surface area contributed by atoms with Gasteiger partial charge < -0.3 is 10.1 Å². The summed E-state index contributed by atoms with van der Waals surface area (Å²) in [7, 11) is -4.19. The van der Waals surface area contributed by atoms with E-state index in [0.29, 0.717) is 0 Å². The SMILES string of the molecule is CC(NC(=O)CNS(=O)(=O)c1ccc(OC(F)(F)F)cc1)c1ccc(F)c(F)c1. The maximum atomic E-state index is 13.2. The highest BCUT2D eigenvalue weighted by molar-refractivity contribution is 7.89. The fourth-order valence-corrected chi connectivity index (χ4v) is 3.20. The lowest BCUT2D eigenvalue weighted by Gasteiger charge is -2.15. The summed E-state index contributed by atoms with van der Waals surface area (Å²) in [6, 6.07) is 5.70. The second-order valence-corrected chi connectivity index (χ2v) is 7.57. The van der Waals surface area contributed by atoms with E-state index in [1.807, 2.05) is 4.72 Å². The van der Waals surface area contributed by atoms with Crippen LogP contribution in [0.15, 0.2) is 47.4 Å². The molecule has 0 radical (unpaired) electrons. The van der Waals surface area contributed by atoms with E-state index in [1.54, 1.807) is 0 Å². The van der Waals surface area contributed by atoms with Crippen molar-refractivity contribution in [2.75, 3.05) is 6.54 Å². The first-order valence-corrected chi connectivity index (χ1v) is 9.45. The highest BCUT2D eigenvalue weighted by Gasteiger charge is 2.31. The molecule has 0 aliphatic heterocycles. The third-order valence-corrected chi connectivity index (χ3v) is 5.03. The number of nitrogens with one attached hydrogen (secondary N) is 2. The smallest absolute Gasteiger partial charge is 0.406 e. The number of alkyl halides is 3. The van der Waals surface area contributed by atoms with Gasteiger partial charge in [-0.3, -0.25) is 4.79 Å². The number of benzene rings is 2. The lowest BCUT2D eigenvalue weighted by molar-refractivity contribution is -0.274. The number of ether oxygens (including phenoxy) is 1. The van der Waals surface area contributed by atoms with Crippen molar-refractivity contribution in [2.45, 2.75) is 24.2 Å². The Morgan fingerprint density at radius 3 is 2.24 bits per heavy atom. The largest absolute Gasteiger partial charge is 0.573 e. The van der Waals surface area contributed by atoms with Crippen LogP contribution in [0.25, 0.3) is 0 Å². The van der Waals surface area contributed by atoms with E-state index in [0.717, 1.165) is 36.4 Å². The third-order valence-electron chi connectivity index (χ3n) is 3.61. The van der Waals surface area contributed by atoms with E-state index in [-0.39, 0.29) is 10.5 Å². The van der Waals surface area contributed by atoms with Crippen LogP contribution >= 0.6 is 0 Å². The van der Waals surface area contributed by atoms with E-state index in [2.05, 4.69) is 10.1 Å². The molecule has 0 aromatic heterocycles. The molecule has 2 N–H and O–H groups in total. The highest BCUT2D eigenvalue weighted by atomic mass is 32.2. The predicted molar refractivity (Wildman–Crippen MR) is 91.2 cm³/mol. The Balaban J connectivity index is 1.95. The summed E-state index contributed by atoms with van der Waals surface area (Å²) in [6.45, 7) is 0.801. The number of amides is 1. The van der Waals surface area contributed by atoms with Crippen molar-refractivity contribution in [3.8, 4) is 5.75 Å². The van der Waals surface area contributed by atoms with Gasteiger partial charge in [0.25, 0.3) is 0 Å². The minimum Gasteiger partial charge on any atom is -0.406 e. The Labute approximate surface area is 162 Å². The predicted octanol–water partition coefficient (Wildman–Crippen LogP) is 3.02. The number of carbonyl (C=O) groups is 1. The van der Waals surface area contributed by atoms with Gasteiger partial charge in [0.05, 0.1) is 17.5 Å². The summed E-state index contributed by atoms with van der Waals surface area (Å²) in [5.41, 5.74) is 0.264. The van der Waals surface area contributed by atoms with Gasteiger partial charge in [-0.25, -0.2) is 21.9 Å². The van der Waals surface area contributed by atoms with Gasteiger partial charge in [-0.05, 0) is 48.9 Å². The van der Waals surface area contributed by atoms with E-state index in [1.165, 1.54) is 13.0 Å². The molecule has 0 fully saturated rings. The molecule has 158 valence electrons. The van der Waals surface area contributed by atoms with E-state index in [9.17, 15) is 35.2 Å². The summed E-state index contributed by atoms with van der Waals surface area (Å²) in [6.07, 6.45) is -4.92. The lowest BCUT2D eigenvalue weighted by Crippen LogP contribution is -2.38. The number of hydrogen-bond donors (Lipinski definition) is 2. The fourth-order valence-electron chi connectivity index (χ4n) is 2.22. The Hall–Kier alpha value is -2.73. The topological polar surface area (TPSA) is 84.5 Å². The number of rotatable bonds is 7. The van der Waals surface area contributed by atoms with E-state index < -0.39 is 52.3 Å².